The van der Waals surface area contributed by atoms with Crippen LogP contribution in [0.4, 0.5) is 5.69 Å². The standard InChI is InChI=1S/C24H33N3O5S/c1-4-27(5-2)33(29,30)23-17-21(10-11-22(23)32-6-3)25-24(28)20-9-7-8-19(16-20)18-26-12-14-31-15-13-26/h7-11,16-17H,4-6,12-15,18H2,1-3H3,(H,25,28). The Kier molecular flexibility index (Phi) is 8.85. The second-order valence-electron chi connectivity index (χ2n) is 7.73. The molecule has 0 aliphatic carbocycles. The third kappa shape index (κ3) is 6.32. The van der Waals surface area contributed by atoms with Crippen molar-refractivity contribution in [3.05, 3.63) is 53.6 Å². The van der Waals surface area contributed by atoms with Gasteiger partial charge in [-0.1, -0.05) is 26.0 Å². The number of benzene rings is 2. The molecule has 1 aliphatic heterocycles. The van der Waals surface area contributed by atoms with Crippen LogP contribution in [0.15, 0.2) is 47.4 Å². The molecular weight excluding hydrogens is 442 g/mol. The minimum atomic E-state index is -3.76. The Balaban J connectivity index is 1.81. The van der Waals surface area contributed by atoms with Crippen molar-refractivity contribution in [2.45, 2.75) is 32.2 Å². The second-order valence-corrected chi connectivity index (χ2v) is 9.63. The summed E-state index contributed by atoms with van der Waals surface area (Å²) in [5, 5.41) is 2.83. The van der Waals surface area contributed by atoms with Gasteiger partial charge in [0.25, 0.3) is 5.91 Å². The molecule has 0 aromatic heterocycles. The van der Waals surface area contributed by atoms with Crippen molar-refractivity contribution >= 4 is 21.6 Å². The van der Waals surface area contributed by atoms with Gasteiger partial charge in [-0.2, -0.15) is 4.31 Å². The molecule has 33 heavy (non-hydrogen) atoms. The van der Waals surface area contributed by atoms with Crippen LogP contribution in [0, 0.1) is 0 Å². The van der Waals surface area contributed by atoms with E-state index in [1.54, 1.807) is 39.0 Å². The summed E-state index contributed by atoms with van der Waals surface area (Å²) < 4.78 is 38.6. The Morgan fingerprint density at radius 2 is 1.82 bits per heavy atom. The fourth-order valence-corrected chi connectivity index (χ4v) is 5.41. The molecule has 8 nitrogen and oxygen atoms in total. The van der Waals surface area contributed by atoms with E-state index in [1.165, 1.54) is 10.4 Å². The van der Waals surface area contributed by atoms with Gasteiger partial charge in [-0.15, -0.1) is 0 Å². The van der Waals surface area contributed by atoms with Gasteiger partial charge in [0.1, 0.15) is 10.6 Å². The number of ether oxygens (including phenoxy) is 2. The maximum Gasteiger partial charge on any atom is 0.255 e. The summed E-state index contributed by atoms with van der Waals surface area (Å²) >= 11 is 0. The lowest BCUT2D eigenvalue weighted by atomic mass is 10.1. The molecule has 1 aliphatic rings. The van der Waals surface area contributed by atoms with E-state index in [1.807, 2.05) is 18.2 Å². The van der Waals surface area contributed by atoms with Gasteiger partial charge in [0.05, 0.1) is 19.8 Å². The highest BCUT2D eigenvalue weighted by Gasteiger charge is 2.26. The van der Waals surface area contributed by atoms with Gasteiger partial charge in [-0.05, 0) is 42.8 Å². The summed E-state index contributed by atoms with van der Waals surface area (Å²) in [7, 11) is -3.76. The second kappa shape index (κ2) is 11.6. The molecule has 9 heteroatoms. The third-order valence-corrected chi connectivity index (χ3v) is 7.59. The van der Waals surface area contributed by atoms with Crippen molar-refractivity contribution in [2.24, 2.45) is 0 Å². The Labute approximate surface area is 196 Å². The molecule has 1 N–H and O–H groups in total. The number of carbonyl (C=O) groups is 1. The average Bonchev–Trinajstić information content (AvgIpc) is 2.81. The summed E-state index contributed by atoms with van der Waals surface area (Å²) in [5.41, 5.74) is 1.96. The lowest BCUT2D eigenvalue weighted by molar-refractivity contribution is 0.0342. The van der Waals surface area contributed by atoms with E-state index in [4.69, 9.17) is 9.47 Å². The van der Waals surface area contributed by atoms with Crippen LogP contribution in [0.2, 0.25) is 0 Å². The van der Waals surface area contributed by atoms with Crippen LogP contribution in [0.25, 0.3) is 0 Å². The van der Waals surface area contributed by atoms with Gasteiger partial charge in [0, 0.05) is 44.0 Å². The van der Waals surface area contributed by atoms with Crippen LogP contribution in [0.1, 0.15) is 36.7 Å². The van der Waals surface area contributed by atoms with Crippen LogP contribution in [-0.4, -0.2) is 69.5 Å². The molecule has 0 saturated carbocycles. The molecule has 2 aromatic carbocycles. The number of nitrogens with zero attached hydrogens (tertiary/aromatic N) is 2. The van der Waals surface area contributed by atoms with Crippen LogP contribution < -0.4 is 10.1 Å². The maximum absolute atomic E-state index is 13.2. The molecule has 1 heterocycles. The first-order valence-electron chi connectivity index (χ1n) is 11.4. The summed E-state index contributed by atoms with van der Waals surface area (Å²) in [6, 6.07) is 12.2. The Bertz CT molecular complexity index is 1050. The minimum Gasteiger partial charge on any atom is -0.492 e. The maximum atomic E-state index is 13.2. The molecule has 2 aromatic rings. The predicted molar refractivity (Wildman–Crippen MR) is 128 cm³/mol. The van der Waals surface area contributed by atoms with Gasteiger partial charge < -0.3 is 14.8 Å². The molecule has 3 rings (SSSR count). The first kappa shape index (κ1) is 25.2. The van der Waals surface area contributed by atoms with Gasteiger partial charge >= 0.3 is 0 Å². The largest absolute Gasteiger partial charge is 0.492 e. The highest BCUT2D eigenvalue weighted by atomic mass is 32.2. The van der Waals surface area contributed by atoms with E-state index in [0.717, 1.165) is 38.4 Å². The zero-order valence-corrected chi connectivity index (χ0v) is 20.4. The van der Waals surface area contributed by atoms with Crippen molar-refractivity contribution in [1.29, 1.82) is 0 Å². The fraction of sp³-hybridized carbons (Fsp3) is 0.458. The monoisotopic (exact) mass is 475 g/mol. The molecule has 0 atom stereocenters. The van der Waals surface area contributed by atoms with Gasteiger partial charge in [-0.3, -0.25) is 9.69 Å². The van der Waals surface area contributed by atoms with Crippen molar-refractivity contribution in [2.75, 3.05) is 51.3 Å². The smallest absolute Gasteiger partial charge is 0.255 e. The summed E-state index contributed by atoms with van der Waals surface area (Å²) in [6.07, 6.45) is 0. The van der Waals surface area contributed by atoms with Crippen molar-refractivity contribution in [3.63, 3.8) is 0 Å². The van der Waals surface area contributed by atoms with E-state index in [-0.39, 0.29) is 16.6 Å². The van der Waals surface area contributed by atoms with Crippen LogP contribution in [0.3, 0.4) is 0 Å². The summed E-state index contributed by atoms with van der Waals surface area (Å²) in [5.74, 6) is -0.0240. The fourth-order valence-electron chi connectivity index (χ4n) is 3.80. The number of rotatable bonds is 10. The van der Waals surface area contributed by atoms with Crippen molar-refractivity contribution < 1.29 is 22.7 Å². The first-order chi connectivity index (χ1) is 15.9. The van der Waals surface area contributed by atoms with Gasteiger partial charge in [0.15, 0.2) is 0 Å². The zero-order chi connectivity index (χ0) is 23.8. The Morgan fingerprint density at radius 3 is 2.48 bits per heavy atom. The quantitative estimate of drug-likeness (QED) is 0.568. The Hall–Kier alpha value is -2.46. The molecule has 1 amide bonds. The molecule has 0 bridgehead atoms. The van der Waals surface area contributed by atoms with E-state index in [9.17, 15) is 13.2 Å². The number of hydrogen-bond donors (Lipinski definition) is 1. The van der Waals surface area contributed by atoms with Crippen LogP contribution >= 0.6 is 0 Å². The Morgan fingerprint density at radius 1 is 1.09 bits per heavy atom. The van der Waals surface area contributed by atoms with Gasteiger partial charge in [-0.25, -0.2) is 8.42 Å². The number of carbonyl (C=O) groups excluding carboxylic acids is 1. The minimum absolute atomic E-state index is 0.0481. The van der Waals surface area contributed by atoms with E-state index in [2.05, 4.69) is 10.2 Å². The number of hydrogen-bond acceptors (Lipinski definition) is 6. The van der Waals surface area contributed by atoms with E-state index >= 15 is 0 Å². The molecule has 0 spiro atoms. The van der Waals surface area contributed by atoms with Crippen LogP contribution in [0.5, 0.6) is 5.75 Å². The normalized spacial score (nSPS) is 14.9. The summed E-state index contributed by atoms with van der Waals surface area (Å²) in [6.45, 7) is 10.3. The molecular formula is C24H33N3O5S. The number of amides is 1. The number of anilines is 1. The van der Waals surface area contributed by atoms with Crippen LogP contribution in [-0.2, 0) is 21.3 Å². The number of nitrogens with one attached hydrogen (secondary N) is 1. The molecule has 180 valence electrons. The van der Waals surface area contributed by atoms with Crippen molar-refractivity contribution in [3.8, 4) is 5.75 Å². The topological polar surface area (TPSA) is 88.2 Å². The SMILES string of the molecule is CCOc1ccc(NC(=O)c2cccc(CN3CCOCC3)c2)cc1S(=O)(=O)N(CC)CC. The predicted octanol–water partition coefficient (Wildman–Crippen LogP) is 3.20. The molecule has 0 radical (unpaired) electrons. The average molecular weight is 476 g/mol. The van der Waals surface area contributed by atoms with Crippen molar-refractivity contribution in [1.82, 2.24) is 9.21 Å². The number of morpholine rings is 1. The zero-order valence-electron chi connectivity index (χ0n) is 19.5. The molecule has 1 fully saturated rings. The first-order valence-corrected chi connectivity index (χ1v) is 12.8. The number of sulfonamides is 1. The molecule has 0 unspecified atom stereocenters. The third-order valence-electron chi connectivity index (χ3n) is 5.52. The van der Waals surface area contributed by atoms with Gasteiger partial charge in [0.2, 0.25) is 10.0 Å². The summed E-state index contributed by atoms with van der Waals surface area (Å²) in [4.78, 5) is 15.3. The molecule has 1 saturated heterocycles. The lowest BCUT2D eigenvalue weighted by Crippen LogP contribution is -2.35. The lowest BCUT2D eigenvalue weighted by Gasteiger charge is -2.26. The highest BCUT2D eigenvalue weighted by molar-refractivity contribution is 7.89. The van der Waals surface area contributed by atoms with E-state index < -0.39 is 10.0 Å². The van der Waals surface area contributed by atoms with E-state index in [0.29, 0.717) is 30.9 Å². The highest BCUT2D eigenvalue weighted by Crippen LogP contribution is 2.30.